The molecule has 0 radical (unpaired) electrons. The predicted molar refractivity (Wildman–Crippen MR) is 120 cm³/mol. The van der Waals surface area contributed by atoms with Gasteiger partial charge in [0, 0.05) is 16.8 Å². The Kier molecular flexibility index (Phi) is 6.76. The highest BCUT2D eigenvalue weighted by molar-refractivity contribution is 9.10. The van der Waals surface area contributed by atoms with E-state index in [2.05, 4.69) is 40.8 Å². The first kappa shape index (κ1) is 20.4. The van der Waals surface area contributed by atoms with Crippen LogP contribution < -0.4 is 9.47 Å². The van der Waals surface area contributed by atoms with Crippen molar-refractivity contribution in [2.75, 3.05) is 7.11 Å². The molecule has 0 heterocycles. The first-order valence-electron chi connectivity index (χ1n) is 8.83. The van der Waals surface area contributed by atoms with E-state index in [1.807, 2.05) is 54.7 Å². The number of aliphatic imine (C=N–C) groups is 1. The number of hydrogen-bond acceptors (Lipinski definition) is 3. The highest BCUT2D eigenvalue weighted by atomic mass is 79.9. The minimum atomic E-state index is 0.352. The molecule has 3 nitrogen and oxygen atoms in total. The lowest BCUT2D eigenvalue weighted by atomic mass is 10.1. The highest BCUT2D eigenvalue weighted by Gasteiger charge is 2.12. The van der Waals surface area contributed by atoms with Gasteiger partial charge in [0.15, 0.2) is 11.5 Å². The van der Waals surface area contributed by atoms with E-state index < -0.39 is 0 Å². The van der Waals surface area contributed by atoms with Gasteiger partial charge in [0.05, 0.1) is 17.3 Å². The Morgan fingerprint density at radius 2 is 1.86 bits per heavy atom. The average Bonchev–Trinajstić information content (AvgIpc) is 2.69. The van der Waals surface area contributed by atoms with Gasteiger partial charge in [-0.25, -0.2) is 0 Å². The van der Waals surface area contributed by atoms with Crippen LogP contribution in [-0.2, 0) is 6.61 Å². The predicted octanol–water partition coefficient (Wildman–Crippen LogP) is 7.06. The van der Waals surface area contributed by atoms with Crippen LogP contribution in [0.5, 0.6) is 11.5 Å². The zero-order valence-electron chi connectivity index (χ0n) is 16.0. The van der Waals surface area contributed by atoms with E-state index in [9.17, 15) is 0 Å². The first-order valence-corrected chi connectivity index (χ1v) is 10.0. The van der Waals surface area contributed by atoms with Crippen LogP contribution in [0.15, 0.2) is 64.1 Å². The van der Waals surface area contributed by atoms with Crippen LogP contribution >= 0.6 is 27.5 Å². The summed E-state index contributed by atoms with van der Waals surface area (Å²) in [5, 5.41) is 0.676. The van der Waals surface area contributed by atoms with Crippen molar-refractivity contribution in [2.24, 2.45) is 4.99 Å². The molecule has 0 saturated carbocycles. The van der Waals surface area contributed by atoms with Gasteiger partial charge >= 0.3 is 0 Å². The van der Waals surface area contributed by atoms with Crippen LogP contribution in [0, 0.1) is 13.8 Å². The molecule has 0 aliphatic heterocycles. The van der Waals surface area contributed by atoms with Crippen LogP contribution in [0.4, 0.5) is 5.69 Å². The number of ether oxygens (including phenoxy) is 2. The minimum absolute atomic E-state index is 0.352. The van der Waals surface area contributed by atoms with Crippen molar-refractivity contribution in [1.29, 1.82) is 0 Å². The summed E-state index contributed by atoms with van der Waals surface area (Å²) >= 11 is 9.80. The van der Waals surface area contributed by atoms with Crippen molar-refractivity contribution in [3.8, 4) is 11.5 Å². The molecule has 0 saturated heterocycles. The fraction of sp³-hybridized carbons (Fsp3) is 0.174. The molecule has 0 N–H and O–H groups in total. The summed E-state index contributed by atoms with van der Waals surface area (Å²) in [5.41, 5.74) is 5.17. The first-order chi connectivity index (χ1) is 13.5. The van der Waals surface area contributed by atoms with Crippen LogP contribution in [0.25, 0.3) is 0 Å². The molecule has 0 amide bonds. The van der Waals surface area contributed by atoms with Crippen molar-refractivity contribution in [3.63, 3.8) is 0 Å². The molecule has 0 aliphatic rings. The van der Waals surface area contributed by atoms with Crippen LogP contribution in [-0.4, -0.2) is 13.3 Å². The Labute approximate surface area is 179 Å². The van der Waals surface area contributed by atoms with Gasteiger partial charge in [0.25, 0.3) is 0 Å². The van der Waals surface area contributed by atoms with Gasteiger partial charge in [0.1, 0.15) is 6.61 Å². The Hall–Kier alpha value is -2.30. The number of halogens is 2. The second kappa shape index (κ2) is 9.26. The van der Waals surface area contributed by atoms with Gasteiger partial charge in [-0.3, -0.25) is 4.99 Å². The standard InChI is InChI=1S/C23H21BrClNO2/c1-15-7-6-10-21(16(15)2)26-13-17-11-19(24)23(22(12-17)27-3)28-14-18-8-4-5-9-20(18)25/h4-13H,14H2,1-3H3. The summed E-state index contributed by atoms with van der Waals surface area (Å²) in [6.45, 7) is 4.51. The summed E-state index contributed by atoms with van der Waals surface area (Å²) in [4.78, 5) is 4.63. The summed E-state index contributed by atoms with van der Waals surface area (Å²) in [7, 11) is 1.62. The van der Waals surface area contributed by atoms with E-state index >= 15 is 0 Å². The van der Waals surface area contributed by atoms with Gasteiger partial charge in [-0.2, -0.15) is 0 Å². The number of benzene rings is 3. The fourth-order valence-corrected chi connectivity index (χ4v) is 3.50. The summed E-state index contributed by atoms with van der Waals surface area (Å²) in [5.74, 6) is 1.26. The number of nitrogens with zero attached hydrogens (tertiary/aromatic N) is 1. The van der Waals surface area contributed by atoms with Gasteiger partial charge < -0.3 is 9.47 Å². The van der Waals surface area contributed by atoms with Gasteiger partial charge in [0.2, 0.25) is 0 Å². The fourth-order valence-electron chi connectivity index (χ4n) is 2.74. The molecule has 3 rings (SSSR count). The second-order valence-electron chi connectivity index (χ2n) is 6.39. The lowest BCUT2D eigenvalue weighted by molar-refractivity contribution is 0.282. The molecule has 3 aromatic carbocycles. The monoisotopic (exact) mass is 457 g/mol. The molecule has 0 unspecified atom stereocenters. The van der Waals surface area contributed by atoms with Crippen LogP contribution in [0.2, 0.25) is 5.02 Å². The van der Waals surface area contributed by atoms with Crippen molar-refractivity contribution in [3.05, 3.63) is 86.3 Å². The molecule has 5 heteroatoms. The Morgan fingerprint density at radius 3 is 2.61 bits per heavy atom. The Bertz CT molecular complexity index is 1020. The van der Waals surface area contributed by atoms with E-state index in [0.717, 1.165) is 21.3 Å². The Balaban J connectivity index is 1.84. The van der Waals surface area contributed by atoms with Crippen LogP contribution in [0.1, 0.15) is 22.3 Å². The molecule has 3 aromatic rings. The van der Waals surface area contributed by atoms with Gasteiger partial charge in [-0.15, -0.1) is 0 Å². The van der Waals surface area contributed by atoms with E-state index in [4.69, 9.17) is 21.1 Å². The summed E-state index contributed by atoms with van der Waals surface area (Å²) < 4.78 is 12.3. The minimum Gasteiger partial charge on any atom is -0.493 e. The number of rotatable bonds is 6. The largest absolute Gasteiger partial charge is 0.493 e. The molecule has 0 aliphatic carbocycles. The maximum absolute atomic E-state index is 6.21. The topological polar surface area (TPSA) is 30.8 Å². The maximum Gasteiger partial charge on any atom is 0.175 e. The van der Waals surface area contributed by atoms with Crippen molar-refractivity contribution in [2.45, 2.75) is 20.5 Å². The quantitative estimate of drug-likeness (QED) is 0.370. The van der Waals surface area contributed by atoms with Crippen LogP contribution in [0.3, 0.4) is 0 Å². The van der Waals surface area contributed by atoms with E-state index in [0.29, 0.717) is 23.1 Å². The smallest absolute Gasteiger partial charge is 0.175 e. The number of aryl methyl sites for hydroxylation is 1. The molecular weight excluding hydrogens is 438 g/mol. The molecule has 0 bridgehead atoms. The van der Waals surface area contributed by atoms with Gasteiger partial charge in [-0.1, -0.05) is 41.9 Å². The Morgan fingerprint density at radius 1 is 1.07 bits per heavy atom. The third-order valence-corrected chi connectivity index (χ3v) is 5.47. The number of hydrogen-bond donors (Lipinski definition) is 0. The van der Waals surface area contributed by atoms with E-state index in [1.54, 1.807) is 7.11 Å². The van der Waals surface area contributed by atoms with Crippen molar-refractivity contribution in [1.82, 2.24) is 0 Å². The summed E-state index contributed by atoms with van der Waals surface area (Å²) in [6, 6.07) is 17.6. The third-order valence-electron chi connectivity index (χ3n) is 4.51. The lowest BCUT2D eigenvalue weighted by Crippen LogP contribution is -2.00. The lowest BCUT2D eigenvalue weighted by Gasteiger charge is -2.14. The third kappa shape index (κ3) is 4.75. The van der Waals surface area contributed by atoms with E-state index in [-0.39, 0.29) is 0 Å². The molecule has 0 fully saturated rings. The highest BCUT2D eigenvalue weighted by Crippen LogP contribution is 2.37. The zero-order valence-corrected chi connectivity index (χ0v) is 18.3. The maximum atomic E-state index is 6.21. The zero-order chi connectivity index (χ0) is 20.1. The van der Waals surface area contributed by atoms with Gasteiger partial charge in [-0.05, 0) is 70.7 Å². The van der Waals surface area contributed by atoms with Crippen molar-refractivity contribution < 1.29 is 9.47 Å². The molecule has 0 spiro atoms. The molecule has 28 heavy (non-hydrogen) atoms. The normalized spacial score (nSPS) is 11.0. The van der Waals surface area contributed by atoms with E-state index in [1.165, 1.54) is 11.1 Å². The molecule has 0 aromatic heterocycles. The SMILES string of the molecule is COc1cc(C=Nc2cccc(C)c2C)cc(Br)c1OCc1ccccc1Cl. The second-order valence-corrected chi connectivity index (χ2v) is 7.65. The molecule has 0 atom stereocenters. The average molecular weight is 459 g/mol. The molecular formula is C23H21BrClNO2. The van der Waals surface area contributed by atoms with Crippen molar-refractivity contribution >= 4 is 39.4 Å². The number of methoxy groups -OCH3 is 1. The summed E-state index contributed by atoms with van der Waals surface area (Å²) in [6.07, 6.45) is 1.83. The molecule has 144 valence electrons.